The van der Waals surface area contributed by atoms with Crippen molar-refractivity contribution in [2.45, 2.75) is 32.1 Å². The Labute approximate surface area is 150 Å². The van der Waals surface area contributed by atoms with Crippen molar-refractivity contribution in [3.63, 3.8) is 0 Å². The van der Waals surface area contributed by atoms with Crippen LogP contribution in [0.2, 0.25) is 0 Å². The number of halogens is 1. The van der Waals surface area contributed by atoms with Crippen LogP contribution < -0.4 is 4.74 Å². The van der Waals surface area contributed by atoms with Gasteiger partial charge in [-0.15, -0.1) is 0 Å². The van der Waals surface area contributed by atoms with E-state index in [1.54, 1.807) is 6.07 Å². The number of nitrogens with zero attached hydrogens (tertiary/aromatic N) is 3. The highest BCUT2D eigenvalue weighted by molar-refractivity contribution is 5.77. The van der Waals surface area contributed by atoms with Gasteiger partial charge in [0.1, 0.15) is 12.8 Å². The predicted molar refractivity (Wildman–Crippen MR) is 94.0 cm³/mol. The first-order valence-corrected chi connectivity index (χ1v) is 8.87. The van der Waals surface area contributed by atoms with Gasteiger partial charge in [-0.3, -0.25) is 0 Å². The molecule has 0 bridgehead atoms. The molecule has 132 valence electrons. The molecule has 1 fully saturated rings. The maximum Gasteiger partial charge on any atom is 0.224 e. The Hall–Kier alpha value is -2.73. The van der Waals surface area contributed by atoms with Crippen molar-refractivity contribution >= 4 is 0 Å². The van der Waals surface area contributed by atoms with Gasteiger partial charge in [-0.1, -0.05) is 12.1 Å². The van der Waals surface area contributed by atoms with Crippen LogP contribution in [0.3, 0.4) is 0 Å². The molecule has 0 amide bonds. The van der Waals surface area contributed by atoms with Gasteiger partial charge in [0.05, 0.1) is 6.20 Å². The zero-order valence-electron chi connectivity index (χ0n) is 14.2. The van der Waals surface area contributed by atoms with Gasteiger partial charge >= 0.3 is 0 Å². The minimum Gasteiger partial charge on any atom is -0.472 e. The molecule has 4 heterocycles. The molecule has 2 aliphatic rings. The van der Waals surface area contributed by atoms with Crippen LogP contribution in [0.4, 0.5) is 4.39 Å². The van der Waals surface area contributed by atoms with E-state index in [9.17, 15) is 4.39 Å². The van der Waals surface area contributed by atoms with Gasteiger partial charge in [-0.05, 0) is 54.2 Å². The molecule has 0 spiro atoms. The van der Waals surface area contributed by atoms with Gasteiger partial charge in [-0.2, -0.15) is 14.5 Å². The largest absolute Gasteiger partial charge is 0.472 e. The van der Waals surface area contributed by atoms with E-state index in [0.717, 1.165) is 47.3 Å². The molecule has 1 saturated heterocycles. The SMILES string of the molecule is Fc1ccc2c(n1)OCc1cc(-c3cnn(C4CCCCO4)c3)ccc1-2. The fourth-order valence-corrected chi connectivity index (χ4v) is 3.61. The summed E-state index contributed by atoms with van der Waals surface area (Å²) < 4.78 is 26.6. The van der Waals surface area contributed by atoms with Crippen LogP contribution >= 0.6 is 0 Å². The first-order valence-electron chi connectivity index (χ1n) is 8.87. The number of rotatable bonds is 2. The highest BCUT2D eigenvalue weighted by Crippen LogP contribution is 2.38. The molecule has 1 aromatic carbocycles. The number of fused-ring (bicyclic) bond motifs is 3. The zero-order chi connectivity index (χ0) is 17.5. The van der Waals surface area contributed by atoms with Crippen molar-refractivity contribution in [1.29, 1.82) is 0 Å². The molecule has 26 heavy (non-hydrogen) atoms. The summed E-state index contributed by atoms with van der Waals surface area (Å²) in [4.78, 5) is 3.83. The topological polar surface area (TPSA) is 49.2 Å². The maximum absolute atomic E-state index is 13.3. The predicted octanol–water partition coefficient (Wildman–Crippen LogP) is 4.34. The standard InChI is InChI=1S/C20H18FN3O2/c21-18-7-6-17-16-5-4-13(9-14(16)12-26-20(17)23-18)15-10-22-24(11-15)19-3-1-2-8-25-19/h4-7,9-11,19H,1-3,8,12H2. The Bertz CT molecular complexity index is 963. The highest BCUT2D eigenvalue weighted by atomic mass is 19.1. The molecule has 5 rings (SSSR count). The van der Waals surface area contributed by atoms with Crippen molar-refractivity contribution in [2.24, 2.45) is 0 Å². The summed E-state index contributed by atoms with van der Waals surface area (Å²) in [6.45, 7) is 1.18. The Morgan fingerprint density at radius 1 is 1.08 bits per heavy atom. The third-order valence-electron chi connectivity index (χ3n) is 4.97. The molecule has 0 N–H and O–H groups in total. The molecule has 0 aliphatic carbocycles. The van der Waals surface area contributed by atoms with Gasteiger partial charge in [0, 0.05) is 23.9 Å². The van der Waals surface area contributed by atoms with Crippen LogP contribution in [0.5, 0.6) is 5.88 Å². The molecule has 2 aromatic heterocycles. The van der Waals surface area contributed by atoms with Crippen LogP contribution in [0.1, 0.15) is 31.1 Å². The smallest absolute Gasteiger partial charge is 0.224 e. The number of ether oxygens (including phenoxy) is 2. The van der Waals surface area contributed by atoms with E-state index in [4.69, 9.17) is 9.47 Å². The summed E-state index contributed by atoms with van der Waals surface area (Å²) >= 11 is 0. The average Bonchev–Trinajstić information content (AvgIpc) is 3.18. The number of hydrogen-bond acceptors (Lipinski definition) is 4. The fourth-order valence-electron chi connectivity index (χ4n) is 3.61. The van der Waals surface area contributed by atoms with Gasteiger partial charge in [0.2, 0.25) is 11.8 Å². The van der Waals surface area contributed by atoms with E-state index >= 15 is 0 Å². The first kappa shape index (κ1) is 15.5. The van der Waals surface area contributed by atoms with Crippen molar-refractivity contribution in [3.8, 4) is 28.1 Å². The van der Waals surface area contributed by atoms with Crippen molar-refractivity contribution in [3.05, 3.63) is 54.2 Å². The summed E-state index contributed by atoms with van der Waals surface area (Å²) in [6, 6.07) is 9.28. The maximum atomic E-state index is 13.3. The Kier molecular flexibility index (Phi) is 3.71. The van der Waals surface area contributed by atoms with Gasteiger partial charge < -0.3 is 9.47 Å². The van der Waals surface area contributed by atoms with Gasteiger partial charge in [0.25, 0.3) is 0 Å². The second-order valence-electron chi connectivity index (χ2n) is 6.68. The van der Waals surface area contributed by atoms with Crippen LogP contribution in [-0.4, -0.2) is 21.4 Å². The van der Waals surface area contributed by atoms with E-state index in [1.165, 1.54) is 12.5 Å². The molecule has 5 nitrogen and oxygen atoms in total. The second kappa shape index (κ2) is 6.21. The van der Waals surface area contributed by atoms with Crippen LogP contribution in [0.25, 0.3) is 22.3 Å². The average molecular weight is 351 g/mol. The summed E-state index contributed by atoms with van der Waals surface area (Å²) in [7, 11) is 0. The number of hydrogen-bond donors (Lipinski definition) is 0. The summed E-state index contributed by atoms with van der Waals surface area (Å²) in [5, 5.41) is 4.48. The quantitative estimate of drug-likeness (QED) is 0.644. The zero-order valence-corrected chi connectivity index (χ0v) is 14.2. The van der Waals surface area contributed by atoms with Crippen LogP contribution in [0.15, 0.2) is 42.7 Å². The van der Waals surface area contributed by atoms with Crippen molar-refractivity contribution < 1.29 is 13.9 Å². The van der Waals surface area contributed by atoms with Gasteiger partial charge in [-0.25, -0.2) is 4.68 Å². The first-order chi connectivity index (χ1) is 12.8. The van der Waals surface area contributed by atoms with E-state index in [1.807, 2.05) is 23.1 Å². The lowest BCUT2D eigenvalue weighted by molar-refractivity contribution is -0.0394. The third-order valence-corrected chi connectivity index (χ3v) is 4.97. The molecule has 1 unspecified atom stereocenters. The van der Waals surface area contributed by atoms with E-state index in [2.05, 4.69) is 22.2 Å². The lowest BCUT2D eigenvalue weighted by Gasteiger charge is -2.22. The monoisotopic (exact) mass is 351 g/mol. The molecular formula is C20H18FN3O2. The Balaban J connectivity index is 1.47. The van der Waals surface area contributed by atoms with Crippen molar-refractivity contribution in [1.82, 2.24) is 14.8 Å². The third kappa shape index (κ3) is 2.66. The molecule has 0 radical (unpaired) electrons. The Morgan fingerprint density at radius 3 is 2.88 bits per heavy atom. The van der Waals surface area contributed by atoms with Crippen LogP contribution in [-0.2, 0) is 11.3 Å². The second-order valence-corrected chi connectivity index (χ2v) is 6.68. The Morgan fingerprint density at radius 2 is 2.00 bits per heavy atom. The number of pyridine rings is 1. The summed E-state index contributed by atoms with van der Waals surface area (Å²) in [5.74, 6) is -0.173. The minimum absolute atomic E-state index is 0.0336. The highest BCUT2D eigenvalue weighted by Gasteiger charge is 2.21. The number of aromatic nitrogens is 3. The summed E-state index contributed by atoms with van der Waals surface area (Å²) in [5.41, 5.74) is 5.04. The van der Waals surface area contributed by atoms with E-state index < -0.39 is 5.95 Å². The molecular weight excluding hydrogens is 333 g/mol. The normalized spacial score (nSPS) is 18.7. The van der Waals surface area contributed by atoms with Gasteiger partial charge in [0.15, 0.2) is 0 Å². The lowest BCUT2D eigenvalue weighted by atomic mass is 9.95. The molecule has 3 aromatic rings. The van der Waals surface area contributed by atoms with E-state index in [0.29, 0.717) is 12.5 Å². The van der Waals surface area contributed by atoms with Crippen LogP contribution in [0, 0.1) is 5.95 Å². The van der Waals surface area contributed by atoms with E-state index in [-0.39, 0.29) is 6.23 Å². The molecule has 0 saturated carbocycles. The number of benzene rings is 1. The lowest BCUT2D eigenvalue weighted by Crippen LogP contribution is -2.18. The summed E-state index contributed by atoms with van der Waals surface area (Å²) in [6.07, 6.45) is 7.23. The van der Waals surface area contributed by atoms with Crippen molar-refractivity contribution in [2.75, 3.05) is 6.61 Å². The molecule has 2 aliphatic heterocycles. The minimum atomic E-state index is -0.527. The fraction of sp³-hybridized carbons (Fsp3) is 0.300. The molecule has 1 atom stereocenters. The molecule has 6 heteroatoms.